The van der Waals surface area contributed by atoms with Crippen LogP contribution in [0.1, 0.15) is 20.3 Å². The van der Waals surface area contributed by atoms with Crippen LogP contribution in [0, 0.1) is 5.41 Å². The molecule has 0 aromatic heterocycles. The number of hydrogen-bond acceptors (Lipinski definition) is 3. The standard InChI is InChI=1S/C9H20N4O2/c1-3-9(2,6-10)7(14)12-4-5-13-8(11)15/h3-6,10H2,1-2H3,(H,12,14)(H3,11,13,15). The molecule has 6 heteroatoms. The molecule has 0 fully saturated rings. The van der Waals surface area contributed by atoms with E-state index in [4.69, 9.17) is 11.5 Å². The van der Waals surface area contributed by atoms with Crippen molar-refractivity contribution in [3.63, 3.8) is 0 Å². The van der Waals surface area contributed by atoms with Crippen LogP contribution in [0.3, 0.4) is 0 Å². The molecule has 6 nitrogen and oxygen atoms in total. The molecule has 0 heterocycles. The van der Waals surface area contributed by atoms with E-state index in [9.17, 15) is 9.59 Å². The Kier molecular flexibility index (Phi) is 5.69. The number of primary amides is 1. The van der Waals surface area contributed by atoms with Crippen LogP contribution in [0.4, 0.5) is 4.79 Å². The Morgan fingerprint density at radius 2 is 1.80 bits per heavy atom. The molecular weight excluding hydrogens is 196 g/mol. The summed E-state index contributed by atoms with van der Waals surface area (Å²) in [6.07, 6.45) is 0.679. The molecule has 1 unspecified atom stereocenters. The van der Waals surface area contributed by atoms with Gasteiger partial charge in [0, 0.05) is 19.6 Å². The van der Waals surface area contributed by atoms with Crippen LogP contribution in [0.15, 0.2) is 0 Å². The summed E-state index contributed by atoms with van der Waals surface area (Å²) in [5, 5.41) is 5.07. The number of nitrogens with one attached hydrogen (secondary N) is 2. The van der Waals surface area contributed by atoms with Crippen LogP contribution < -0.4 is 22.1 Å². The van der Waals surface area contributed by atoms with Gasteiger partial charge in [-0.2, -0.15) is 0 Å². The summed E-state index contributed by atoms with van der Waals surface area (Å²) >= 11 is 0. The molecule has 0 aliphatic heterocycles. The fourth-order valence-corrected chi connectivity index (χ4v) is 0.973. The number of carbonyl (C=O) groups excluding carboxylic acids is 2. The smallest absolute Gasteiger partial charge is 0.312 e. The zero-order valence-corrected chi connectivity index (χ0v) is 9.30. The lowest BCUT2D eigenvalue weighted by atomic mass is 9.87. The Labute approximate surface area is 89.8 Å². The Morgan fingerprint density at radius 1 is 1.27 bits per heavy atom. The molecule has 6 N–H and O–H groups in total. The van der Waals surface area contributed by atoms with Gasteiger partial charge in [-0.1, -0.05) is 6.92 Å². The zero-order chi connectivity index (χ0) is 11.9. The number of amides is 3. The monoisotopic (exact) mass is 216 g/mol. The molecule has 0 bridgehead atoms. The van der Waals surface area contributed by atoms with Crippen LogP contribution in [0.5, 0.6) is 0 Å². The number of hydrogen-bond donors (Lipinski definition) is 4. The van der Waals surface area contributed by atoms with E-state index < -0.39 is 11.4 Å². The number of nitrogens with two attached hydrogens (primary N) is 2. The third-order valence-electron chi connectivity index (χ3n) is 2.49. The minimum Gasteiger partial charge on any atom is -0.354 e. The Bertz CT molecular complexity index is 226. The molecule has 88 valence electrons. The van der Waals surface area contributed by atoms with Gasteiger partial charge < -0.3 is 22.1 Å². The summed E-state index contributed by atoms with van der Waals surface area (Å²) in [7, 11) is 0. The maximum absolute atomic E-state index is 11.6. The van der Waals surface area contributed by atoms with Gasteiger partial charge in [-0.3, -0.25) is 4.79 Å². The van der Waals surface area contributed by atoms with Gasteiger partial charge in [0.2, 0.25) is 5.91 Å². The van der Waals surface area contributed by atoms with E-state index in [0.717, 1.165) is 0 Å². The minimum absolute atomic E-state index is 0.0984. The molecular formula is C9H20N4O2. The van der Waals surface area contributed by atoms with E-state index in [1.165, 1.54) is 0 Å². The van der Waals surface area contributed by atoms with Crippen molar-refractivity contribution in [2.24, 2.45) is 16.9 Å². The molecule has 15 heavy (non-hydrogen) atoms. The molecule has 0 aliphatic carbocycles. The van der Waals surface area contributed by atoms with Crippen molar-refractivity contribution >= 4 is 11.9 Å². The van der Waals surface area contributed by atoms with E-state index in [1.54, 1.807) is 0 Å². The predicted octanol–water partition coefficient (Wildman–Crippen LogP) is -0.854. The largest absolute Gasteiger partial charge is 0.354 e. The van der Waals surface area contributed by atoms with Crippen molar-refractivity contribution in [1.82, 2.24) is 10.6 Å². The molecule has 0 aromatic carbocycles. The second-order valence-corrected chi connectivity index (χ2v) is 3.67. The quantitative estimate of drug-likeness (QED) is 0.434. The van der Waals surface area contributed by atoms with Crippen LogP contribution >= 0.6 is 0 Å². The number of urea groups is 1. The van der Waals surface area contributed by atoms with E-state index in [2.05, 4.69) is 10.6 Å². The highest BCUT2D eigenvalue weighted by molar-refractivity contribution is 5.82. The van der Waals surface area contributed by atoms with E-state index in [-0.39, 0.29) is 5.91 Å². The highest BCUT2D eigenvalue weighted by atomic mass is 16.2. The van der Waals surface area contributed by atoms with E-state index in [1.807, 2.05) is 13.8 Å². The topological polar surface area (TPSA) is 110 Å². The first-order valence-corrected chi connectivity index (χ1v) is 4.98. The first-order chi connectivity index (χ1) is 6.96. The Balaban J connectivity index is 3.87. The molecule has 0 aromatic rings. The molecule has 0 rings (SSSR count). The van der Waals surface area contributed by atoms with Gasteiger partial charge in [-0.15, -0.1) is 0 Å². The van der Waals surface area contributed by atoms with Crippen LogP contribution in [0.2, 0.25) is 0 Å². The van der Waals surface area contributed by atoms with Crippen LogP contribution in [0.25, 0.3) is 0 Å². The maximum Gasteiger partial charge on any atom is 0.312 e. The van der Waals surface area contributed by atoms with Gasteiger partial charge in [0.05, 0.1) is 5.41 Å². The first-order valence-electron chi connectivity index (χ1n) is 4.98. The Morgan fingerprint density at radius 3 is 2.20 bits per heavy atom. The Hall–Kier alpha value is -1.30. The molecule has 0 saturated carbocycles. The highest BCUT2D eigenvalue weighted by Crippen LogP contribution is 2.18. The van der Waals surface area contributed by atoms with Gasteiger partial charge in [0.1, 0.15) is 0 Å². The number of carbonyl (C=O) groups is 2. The molecule has 3 amide bonds. The summed E-state index contributed by atoms with van der Waals surface area (Å²) in [6, 6.07) is -0.596. The van der Waals surface area contributed by atoms with Gasteiger partial charge >= 0.3 is 6.03 Å². The molecule has 0 radical (unpaired) electrons. The fraction of sp³-hybridized carbons (Fsp3) is 0.778. The lowest BCUT2D eigenvalue weighted by molar-refractivity contribution is -0.129. The van der Waals surface area contributed by atoms with Crippen LogP contribution in [-0.4, -0.2) is 31.6 Å². The summed E-state index contributed by atoms with van der Waals surface area (Å²) in [6.45, 7) is 4.71. The summed E-state index contributed by atoms with van der Waals surface area (Å²) in [5.74, 6) is -0.0984. The van der Waals surface area contributed by atoms with Gasteiger partial charge in [0.25, 0.3) is 0 Å². The first kappa shape index (κ1) is 13.7. The van der Waals surface area contributed by atoms with Crippen molar-refractivity contribution in [2.45, 2.75) is 20.3 Å². The predicted molar refractivity (Wildman–Crippen MR) is 58.0 cm³/mol. The third kappa shape index (κ3) is 4.64. The van der Waals surface area contributed by atoms with E-state index in [0.29, 0.717) is 26.1 Å². The molecule has 1 atom stereocenters. The summed E-state index contributed by atoms with van der Waals surface area (Å²) < 4.78 is 0. The van der Waals surface area contributed by atoms with E-state index >= 15 is 0 Å². The minimum atomic E-state index is -0.596. The third-order valence-corrected chi connectivity index (χ3v) is 2.49. The van der Waals surface area contributed by atoms with Crippen molar-refractivity contribution in [3.8, 4) is 0 Å². The fourth-order valence-electron chi connectivity index (χ4n) is 0.973. The molecule has 0 spiro atoms. The average molecular weight is 216 g/mol. The van der Waals surface area contributed by atoms with Crippen molar-refractivity contribution in [3.05, 3.63) is 0 Å². The van der Waals surface area contributed by atoms with Crippen molar-refractivity contribution in [2.75, 3.05) is 19.6 Å². The van der Waals surface area contributed by atoms with Gasteiger partial charge in [0.15, 0.2) is 0 Å². The molecule has 0 saturated heterocycles. The molecule has 0 aliphatic rings. The second-order valence-electron chi connectivity index (χ2n) is 3.67. The van der Waals surface area contributed by atoms with Gasteiger partial charge in [-0.25, -0.2) is 4.79 Å². The van der Waals surface area contributed by atoms with Crippen molar-refractivity contribution in [1.29, 1.82) is 0 Å². The maximum atomic E-state index is 11.6. The lowest BCUT2D eigenvalue weighted by Gasteiger charge is -2.24. The summed E-state index contributed by atoms with van der Waals surface area (Å²) in [4.78, 5) is 22.0. The van der Waals surface area contributed by atoms with Crippen LogP contribution in [-0.2, 0) is 4.79 Å². The lowest BCUT2D eigenvalue weighted by Crippen LogP contribution is -2.46. The van der Waals surface area contributed by atoms with Crippen molar-refractivity contribution < 1.29 is 9.59 Å². The zero-order valence-electron chi connectivity index (χ0n) is 9.30. The number of rotatable bonds is 6. The second kappa shape index (κ2) is 6.23. The van der Waals surface area contributed by atoms with Gasteiger partial charge in [-0.05, 0) is 13.3 Å². The average Bonchev–Trinajstić information content (AvgIpc) is 2.22. The highest BCUT2D eigenvalue weighted by Gasteiger charge is 2.28. The summed E-state index contributed by atoms with van der Waals surface area (Å²) in [5.41, 5.74) is 9.85. The SMILES string of the molecule is CCC(C)(CN)C(=O)NCCNC(N)=O. The normalized spacial score (nSPS) is 14.1.